The van der Waals surface area contributed by atoms with Crippen LogP contribution in [-0.2, 0) is 10.0 Å². The number of nitrogens with one attached hydrogen (secondary N) is 1. The van der Waals surface area contributed by atoms with Gasteiger partial charge in [-0.25, -0.2) is 13.1 Å². The van der Waals surface area contributed by atoms with Crippen LogP contribution in [0.2, 0.25) is 0 Å². The van der Waals surface area contributed by atoms with Crippen LogP contribution in [0.3, 0.4) is 0 Å². The number of sulfonamides is 1. The van der Waals surface area contributed by atoms with E-state index in [4.69, 9.17) is 10.4 Å². The second-order valence-electron chi connectivity index (χ2n) is 2.72. The maximum Gasteiger partial charge on any atom is 0.228 e. The average molecular weight is 206 g/mol. The first-order chi connectivity index (χ1) is 5.97. The molecule has 6 heteroatoms. The molecule has 0 aromatic heterocycles. The molecule has 2 N–H and O–H groups in total. The highest BCUT2D eigenvalue weighted by Crippen LogP contribution is 2.00. The van der Waals surface area contributed by atoms with Gasteiger partial charge < -0.3 is 5.11 Å². The molecule has 0 amide bonds. The van der Waals surface area contributed by atoms with Crippen molar-refractivity contribution in [3.8, 4) is 6.07 Å². The van der Waals surface area contributed by atoms with Gasteiger partial charge in [0.2, 0.25) is 10.0 Å². The highest BCUT2D eigenvalue weighted by atomic mass is 32.2. The normalized spacial score (nSPS) is 16.2. The van der Waals surface area contributed by atoms with Gasteiger partial charge >= 0.3 is 0 Å². The second kappa shape index (κ2) is 5.17. The van der Waals surface area contributed by atoms with Crippen molar-refractivity contribution in [2.24, 2.45) is 0 Å². The van der Waals surface area contributed by atoms with Gasteiger partial charge in [0.15, 0.2) is 5.25 Å². The van der Waals surface area contributed by atoms with Crippen molar-refractivity contribution in [3.63, 3.8) is 0 Å². The van der Waals surface area contributed by atoms with E-state index in [0.29, 0.717) is 6.42 Å². The molecule has 0 radical (unpaired) electrons. The molecule has 0 fully saturated rings. The molecule has 0 heterocycles. The number of hydrogen-bond donors (Lipinski definition) is 2. The Balaban J connectivity index is 4.43. The van der Waals surface area contributed by atoms with Crippen LogP contribution in [-0.4, -0.2) is 31.4 Å². The summed E-state index contributed by atoms with van der Waals surface area (Å²) in [5.41, 5.74) is 0. The Hall–Kier alpha value is -0.640. The minimum absolute atomic E-state index is 0.256. The minimum Gasteiger partial charge on any atom is -0.395 e. The predicted molar refractivity (Wildman–Crippen MR) is 48.3 cm³/mol. The summed E-state index contributed by atoms with van der Waals surface area (Å²) < 4.78 is 24.7. The number of aliphatic hydroxyl groups excluding tert-OH is 1. The van der Waals surface area contributed by atoms with Gasteiger partial charge in [-0.05, 0) is 13.3 Å². The van der Waals surface area contributed by atoms with E-state index in [1.807, 2.05) is 0 Å². The SMILES string of the molecule is CC[C@@H](CO)NS(=O)(=O)C(C)C#N. The van der Waals surface area contributed by atoms with Crippen molar-refractivity contribution in [2.75, 3.05) is 6.61 Å². The zero-order chi connectivity index (χ0) is 10.5. The van der Waals surface area contributed by atoms with Crippen molar-refractivity contribution in [2.45, 2.75) is 31.6 Å². The van der Waals surface area contributed by atoms with E-state index in [1.165, 1.54) is 6.92 Å². The molecule has 0 saturated carbocycles. The molecule has 0 aliphatic heterocycles. The van der Waals surface area contributed by atoms with Crippen LogP contribution in [0.1, 0.15) is 20.3 Å². The summed E-state index contributed by atoms with van der Waals surface area (Å²) in [5.74, 6) is 0. The van der Waals surface area contributed by atoms with Crippen LogP contribution < -0.4 is 4.72 Å². The number of aliphatic hydroxyl groups is 1. The monoisotopic (exact) mass is 206 g/mol. The summed E-state index contributed by atoms with van der Waals surface area (Å²) in [6, 6.07) is 1.13. The molecule has 0 aliphatic rings. The number of rotatable bonds is 5. The Morgan fingerprint density at radius 2 is 2.15 bits per heavy atom. The lowest BCUT2D eigenvalue weighted by Crippen LogP contribution is -2.41. The summed E-state index contributed by atoms with van der Waals surface area (Å²) in [7, 11) is -3.60. The maximum atomic E-state index is 11.2. The van der Waals surface area contributed by atoms with Gasteiger partial charge in [-0.3, -0.25) is 0 Å². The zero-order valence-electron chi connectivity index (χ0n) is 7.69. The Kier molecular flexibility index (Phi) is 4.91. The third kappa shape index (κ3) is 3.72. The van der Waals surface area contributed by atoms with Gasteiger partial charge in [-0.2, -0.15) is 5.26 Å². The van der Waals surface area contributed by atoms with Crippen LogP contribution >= 0.6 is 0 Å². The van der Waals surface area contributed by atoms with Crippen LogP contribution in [0.4, 0.5) is 0 Å². The molecule has 13 heavy (non-hydrogen) atoms. The fraction of sp³-hybridized carbons (Fsp3) is 0.857. The van der Waals surface area contributed by atoms with E-state index >= 15 is 0 Å². The topological polar surface area (TPSA) is 90.2 Å². The van der Waals surface area contributed by atoms with Gasteiger partial charge in [-0.1, -0.05) is 6.92 Å². The molecule has 76 valence electrons. The highest BCUT2D eigenvalue weighted by Gasteiger charge is 2.22. The number of nitriles is 1. The Labute approximate surface area is 78.4 Å². The molecule has 0 aromatic rings. The lowest BCUT2D eigenvalue weighted by molar-refractivity contribution is 0.253. The predicted octanol–water partition coefficient (Wildman–Crippen LogP) is -0.411. The molecule has 0 aromatic carbocycles. The standard InChI is InChI=1S/C7H14N2O3S/c1-3-7(5-10)9-13(11,12)6(2)4-8/h6-7,9-10H,3,5H2,1-2H3/t6?,7-/m0/s1. The van der Waals surface area contributed by atoms with Gasteiger partial charge in [0.1, 0.15) is 0 Å². The Morgan fingerprint density at radius 3 is 2.46 bits per heavy atom. The fourth-order valence-electron chi connectivity index (χ4n) is 0.653. The summed E-state index contributed by atoms with van der Waals surface area (Å²) in [5, 5.41) is 16.0. The van der Waals surface area contributed by atoms with Crippen LogP contribution in [0.5, 0.6) is 0 Å². The summed E-state index contributed by atoms with van der Waals surface area (Å²) in [4.78, 5) is 0. The number of hydrogen-bond acceptors (Lipinski definition) is 4. The molecule has 2 atom stereocenters. The quantitative estimate of drug-likeness (QED) is 0.639. The third-order valence-corrected chi connectivity index (χ3v) is 3.39. The first-order valence-corrected chi connectivity index (χ1v) is 5.54. The van der Waals surface area contributed by atoms with E-state index in [9.17, 15) is 8.42 Å². The van der Waals surface area contributed by atoms with Crippen molar-refractivity contribution in [1.82, 2.24) is 4.72 Å². The Morgan fingerprint density at radius 1 is 1.62 bits per heavy atom. The van der Waals surface area contributed by atoms with E-state index < -0.39 is 21.3 Å². The smallest absolute Gasteiger partial charge is 0.228 e. The van der Waals surface area contributed by atoms with E-state index in [-0.39, 0.29) is 6.61 Å². The zero-order valence-corrected chi connectivity index (χ0v) is 8.50. The van der Waals surface area contributed by atoms with Crippen molar-refractivity contribution in [1.29, 1.82) is 5.26 Å². The van der Waals surface area contributed by atoms with Crippen LogP contribution in [0, 0.1) is 11.3 Å². The molecule has 0 aliphatic carbocycles. The van der Waals surface area contributed by atoms with Gasteiger partial charge in [0, 0.05) is 6.04 Å². The van der Waals surface area contributed by atoms with E-state index in [1.54, 1.807) is 13.0 Å². The van der Waals surface area contributed by atoms with Crippen molar-refractivity contribution >= 4 is 10.0 Å². The Bertz CT molecular complexity index is 277. The molecule has 0 saturated heterocycles. The maximum absolute atomic E-state index is 11.2. The van der Waals surface area contributed by atoms with Gasteiger partial charge in [0.25, 0.3) is 0 Å². The molecule has 0 rings (SSSR count). The fourth-order valence-corrected chi connectivity index (χ4v) is 1.70. The molecule has 1 unspecified atom stereocenters. The first kappa shape index (κ1) is 12.4. The highest BCUT2D eigenvalue weighted by molar-refractivity contribution is 7.90. The number of nitrogens with zero attached hydrogens (tertiary/aromatic N) is 1. The first-order valence-electron chi connectivity index (χ1n) is 3.99. The summed E-state index contributed by atoms with van der Waals surface area (Å²) in [6.07, 6.45) is 0.494. The van der Waals surface area contributed by atoms with Crippen LogP contribution in [0.25, 0.3) is 0 Å². The second-order valence-corrected chi connectivity index (χ2v) is 4.75. The molecule has 5 nitrogen and oxygen atoms in total. The van der Waals surface area contributed by atoms with E-state index in [0.717, 1.165) is 0 Å². The van der Waals surface area contributed by atoms with Gasteiger partial charge in [0.05, 0.1) is 12.7 Å². The largest absolute Gasteiger partial charge is 0.395 e. The summed E-state index contributed by atoms with van der Waals surface area (Å²) in [6.45, 7) is 2.79. The lowest BCUT2D eigenvalue weighted by Gasteiger charge is -2.14. The van der Waals surface area contributed by atoms with Crippen molar-refractivity contribution < 1.29 is 13.5 Å². The molecular formula is C7H14N2O3S. The van der Waals surface area contributed by atoms with E-state index in [2.05, 4.69) is 4.72 Å². The molecule has 0 spiro atoms. The van der Waals surface area contributed by atoms with Crippen molar-refractivity contribution in [3.05, 3.63) is 0 Å². The minimum atomic E-state index is -3.60. The molecule has 0 bridgehead atoms. The third-order valence-electron chi connectivity index (χ3n) is 1.69. The molecular weight excluding hydrogens is 192 g/mol. The average Bonchev–Trinajstić information content (AvgIpc) is 2.12. The lowest BCUT2D eigenvalue weighted by atomic mass is 10.3. The summed E-state index contributed by atoms with van der Waals surface area (Å²) >= 11 is 0. The van der Waals surface area contributed by atoms with Gasteiger partial charge in [-0.15, -0.1) is 0 Å². The van der Waals surface area contributed by atoms with Crippen LogP contribution in [0.15, 0.2) is 0 Å².